The number of amides is 1. The van der Waals surface area contributed by atoms with E-state index in [2.05, 4.69) is 5.32 Å². The maximum absolute atomic E-state index is 11.4. The predicted octanol–water partition coefficient (Wildman–Crippen LogP) is 1.40. The maximum Gasteiger partial charge on any atom is 0.306 e. The third-order valence-electron chi connectivity index (χ3n) is 2.89. The Bertz CT molecular complexity index is 250. The molecule has 0 aliphatic heterocycles. The van der Waals surface area contributed by atoms with Gasteiger partial charge in [0.05, 0.1) is 5.92 Å². The minimum absolute atomic E-state index is 0.0195. The zero-order chi connectivity index (χ0) is 11.4. The summed E-state index contributed by atoms with van der Waals surface area (Å²) in [7, 11) is 0. The highest BCUT2D eigenvalue weighted by Gasteiger charge is 2.27. The van der Waals surface area contributed by atoms with E-state index in [1.165, 1.54) is 0 Å². The van der Waals surface area contributed by atoms with Crippen molar-refractivity contribution in [2.75, 3.05) is 0 Å². The first-order chi connectivity index (χ1) is 7.00. The summed E-state index contributed by atoms with van der Waals surface area (Å²) in [4.78, 5) is 22.2. The lowest BCUT2D eigenvalue weighted by atomic mass is 9.85. The van der Waals surface area contributed by atoms with Crippen LogP contribution in [0.2, 0.25) is 0 Å². The largest absolute Gasteiger partial charge is 0.481 e. The SMILES string of the molecule is CC(C)C(=O)NC1CCCC(C(=O)O)C1. The second-order valence-electron chi connectivity index (χ2n) is 4.56. The molecule has 86 valence electrons. The summed E-state index contributed by atoms with van der Waals surface area (Å²) >= 11 is 0. The molecule has 2 unspecified atom stereocenters. The monoisotopic (exact) mass is 213 g/mol. The summed E-state index contributed by atoms with van der Waals surface area (Å²) in [5.74, 6) is -1.03. The van der Waals surface area contributed by atoms with E-state index in [9.17, 15) is 9.59 Å². The van der Waals surface area contributed by atoms with Gasteiger partial charge in [0.25, 0.3) is 0 Å². The Morgan fingerprint density at radius 2 is 2.00 bits per heavy atom. The van der Waals surface area contributed by atoms with E-state index in [1.54, 1.807) is 0 Å². The summed E-state index contributed by atoms with van der Waals surface area (Å²) in [6, 6.07) is 0.0507. The van der Waals surface area contributed by atoms with E-state index in [4.69, 9.17) is 5.11 Å². The van der Waals surface area contributed by atoms with Crippen LogP contribution in [0.15, 0.2) is 0 Å². The van der Waals surface area contributed by atoms with Crippen LogP contribution in [-0.4, -0.2) is 23.0 Å². The van der Waals surface area contributed by atoms with Crippen molar-refractivity contribution in [1.29, 1.82) is 0 Å². The lowest BCUT2D eigenvalue weighted by molar-refractivity contribution is -0.143. The van der Waals surface area contributed by atoms with Crippen LogP contribution in [-0.2, 0) is 9.59 Å². The topological polar surface area (TPSA) is 66.4 Å². The van der Waals surface area contributed by atoms with Crippen LogP contribution < -0.4 is 5.32 Å². The number of carboxylic acids is 1. The number of carbonyl (C=O) groups excluding carboxylic acids is 1. The van der Waals surface area contributed by atoms with E-state index in [0.29, 0.717) is 6.42 Å². The molecule has 0 heterocycles. The molecule has 0 aromatic carbocycles. The molecule has 0 aromatic heterocycles. The van der Waals surface area contributed by atoms with Gasteiger partial charge >= 0.3 is 5.97 Å². The van der Waals surface area contributed by atoms with Gasteiger partial charge in [-0.25, -0.2) is 0 Å². The Morgan fingerprint density at radius 1 is 1.33 bits per heavy atom. The first-order valence-electron chi connectivity index (χ1n) is 5.54. The van der Waals surface area contributed by atoms with Gasteiger partial charge in [0.2, 0.25) is 5.91 Å². The minimum atomic E-state index is -0.738. The third-order valence-corrected chi connectivity index (χ3v) is 2.89. The average molecular weight is 213 g/mol. The van der Waals surface area contributed by atoms with Gasteiger partial charge in [-0.2, -0.15) is 0 Å². The number of nitrogens with one attached hydrogen (secondary N) is 1. The average Bonchev–Trinajstić information content (AvgIpc) is 2.18. The van der Waals surface area contributed by atoms with Crippen LogP contribution >= 0.6 is 0 Å². The zero-order valence-corrected chi connectivity index (χ0v) is 9.32. The molecular weight excluding hydrogens is 194 g/mol. The van der Waals surface area contributed by atoms with Gasteiger partial charge in [-0.3, -0.25) is 9.59 Å². The number of aliphatic carboxylic acids is 1. The van der Waals surface area contributed by atoms with Crippen LogP contribution in [0.3, 0.4) is 0 Å². The van der Waals surface area contributed by atoms with Gasteiger partial charge in [-0.05, 0) is 19.3 Å². The Labute approximate surface area is 90.0 Å². The van der Waals surface area contributed by atoms with Crippen molar-refractivity contribution in [3.8, 4) is 0 Å². The molecule has 1 aliphatic carbocycles. The molecule has 0 bridgehead atoms. The molecule has 4 nitrogen and oxygen atoms in total. The van der Waals surface area contributed by atoms with Crippen molar-refractivity contribution in [2.24, 2.45) is 11.8 Å². The molecule has 1 saturated carbocycles. The normalized spacial score (nSPS) is 26.3. The smallest absolute Gasteiger partial charge is 0.306 e. The van der Waals surface area contributed by atoms with Crippen molar-refractivity contribution in [1.82, 2.24) is 5.32 Å². The Balaban J connectivity index is 2.43. The standard InChI is InChI=1S/C11H19NO3/c1-7(2)10(13)12-9-5-3-4-8(6-9)11(14)15/h7-9H,3-6H2,1-2H3,(H,12,13)(H,14,15). The van der Waals surface area contributed by atoms with E-state index in [1.807, 2.05) is 13.8 Å². The molecule has 0 spiro atoms. The summed E-state index contributed by atoms with van der Waals surface area (Å²) < 4.78 is 0. The van der Waals surface area contributed by atoms with Crippen LogP contribution in [0.5, 0.6) is 0 Å². The van der Waals surface area contributed by atoms with Crippen molar-refractivity contribution < 1.29 is 14.7 Å². The Hall–Kier alpha value is -1.06. The highest BCUT2D eigenvalue weighted by molar-refractivity contribution is 5.78. The quantitative estimate of drug-likeness (QED) is 0.744. The molecule has 15 heavy (non-hydrogen) atoms. The van der Waals surface area contributed by atoms with Gasteiger partial charge in [-0.15, -0.1) is 0 Å². The van der Waals surface area contributed by atoms with E-state index < -0.39 is 5.97 Å². The summed E-state index contributed by atoms with van der Waals surface area (Å²) in [6.07, 6.45) is 3.11. The highest BCUT2D eigenvalue weighted by atomic mass is 16.4. The Kier molecular flexibility index (Phi) is 4.12. The number of hydrogen-bond acceptors (Lipinski definition) is 2. The molecule has 0 radical (unpaired) electrons. The van der Waals surface area contributed by atoms with Gasteiger partial charge in [0, 0.05) is 12.0 Å². The fraction of sp³-hybridized carbons (Fsp3) is 0.818. The van der Waals surface area contributed by atoms with E-state index in [0.717, 1.165) is 19.3 Å². The third kappa shape index (κ3) is 3.53. The second-order valence-corrected chi connectivity index (χ2v) is 4.56. The van der Waals surface area contributed by atoms with Crippen molar-refractivity contribution >= 4 is 11.9 Å². The molecule has 0 saturated heterocycles. The second kappa shape index (κ2) is 5.14. The van der Waals surface area contributed by atoms with Crippen LogP contribution in [0, 0.1) is 11.8 Å². The molecule has 1 aliphatic rings. The first kappa shape index (κ1) is 12.0. The van der Waals surface area contributed by atoms with Crippen molar-refractivity contribution in [3.63, 3.8) is 0 Å². The van der Waals surface area contributed by atoms with Crippen LogP contribution in [0.1, 0.15) is 39.5 Å². The fourth-order valence-corrected chi connectivity index (χ4v) is 1.91. The zero-order valence-electron chi connectivity index (χ0n) is 9.32. The van der Waals surface area contributed by atoms with Gasteiger partial charge < -0.3 is 10.4 Å². The number of carbonyl (C=O) groups is 2. The molecule has 1 rings (SSSR count). The van der Waals surface area contributed by atoms with Gasteiger partial charge in [0.1, 0.15) is 0 Å². The van der Waals surface area contributed by atoms with Crippen molar-refractivity contribution in [2.45, 2.75) is 45.6 Å². The lowest BCUT2D eigenvalue weighted by Gasteiger charge is -2.27. The molecule has 2 atom stereocenters. The predicted molar refractivity (Wildman–Crippen MR) is 56.4 cm³/mol. The van der Waals surface area contributed by atoms with Crippen molar-refractivity contribution in [3.05, 3.63) is 0 Å². The minimum Gasteiger partial charge on any atom is -0.481 e. The lowest BCUT2D eigenvalue weighted by Crippen LogP contribution is -2.41. The fourth-order valence-electron chi connectivity index (χ4n) is 1.91. The molecule has 1 fully saturated rings. The summed E-state index contributed by atoms with van der Waals surface area (Å²) in [5, 5.41) is 11.8. The van der Waals surface area contributed by atoms with E-state index >= 15 is 0 Å². The Morgan fingerprint density at radius 3 is 2.53 bits per heavy atom. The molecular formula is C11H19NO3. The number of carboxylic acid groups (broad SMARTS) is 1. The maximum atomic E-state index is 11.4. The summed E-state index contributed by atoms with van der Waals surface area (Å²) in [6.45, 7) is 3.68. The highest BCUT2D eigenvalue weighted by Crippen LogP contribution is 2.24. The number of hydrogen-bond donors (Lipinski definition) is 2. The molecule has 2 N–H and O–H groups in total. The van der Waals surface area contributed by atoms with Gasteiger partial charge in [-0.1, -0.05) is 20.3 Å². The molecule has 4 heteroatoms. The van der Waals surface area contributed by atoms with E-state index in [-0.39, 0.29) is 23.8 Å². The van der Waals surface area contributed by atoms with Gasteiger partial charge in [0.15, 0.2) is 0 Å². The molecule has 1 amide bonds. The molecule has 0 aromatic rings. The van der Waals surface area contributed by atoms with Crippen LogP contribution in [0.4, 0.5) is 0 Å². The first-order valence-corrected chi connectivity index (χ1v) is 5.54. The van der Waals surface area contributed by atoms with Crippen LogP contribution in [0.25, 0.3) is 0 Å². The number of rotatable bonds is 3. The summed E-state index contributed by atoms with van der Waals surface area (Å²) in [5.41, 5.74) is 0.